The molecule has 0 radical (unpaired) electrons. The van der Waals surface area contributed by atoms with Crippen LogP contribution in [0.3, 0.4) is 0 Å². The highest BCUT2D eigenvalue weighted by Crippen LogP contribution is 2.26. The Labute approximate surface area is 205 Å². The molecule has 1 aromatic carbocycles. The molecule has 184 valence electrons. The van der Waals surface area contributed by atoms with Gasteiger partial charge in [0.2, 0.25) is 11.8 Å². The number of amides is 2. The summed E-state index contributed by atoms with van der Waals surface area (Å²) in [7, 11) is 0. The van der Waals surface area contributed by atoms with Gasteiger partial charge in [-0.3, -0.25) is 19.8 Å². The van der Waals surface area contributed by atoms with E-state index in [9.17, 15) is 19.8 Å². The van der Waals surface area contributed by atoms with E-state index in [0.717, 1.165) is 38.8 Å². The molecular weight excluding hydrogens is 452 g/mol. The van der Waals surface area contributed by atoms with E-state index < -0.39 is 11.8 Å². The van der Waals surface area contributed by atoms with E-state index in [4.69, 9.17) is 6.42 Å². The molecule has 1 fully saturated rings. The third kappa shape index (κ3) is 6.84. The van der Waals surface area contributed by atoms with E-state index in [1.54, 1.807) is 5.92 Å². The number of likely N-dealkylation sites (tertiary alicyclic amines) is 1. The molecule has 2 amide bonds. The predicted molar refractivity (Wildman–Crippen MR) is 134 cm³/mol. The number of aliphatic hydroxyl groups is 2. The lowest BCUT2D eigenvalue weighted by Gasteiger charge is -2.40. The second-order valence-electron chi connectivity index (χ2n) is 8.70. The molecule has 9 heteroatoms. The van der Waals surface area contributed by atoms with E-state index in [1.807, 2.05) is 11.6 Å². The normalized spacial score (nSPS) is 17.9. The topological polar surface area (TPSA) is 105 Å². The predicted octanol–water partition coefficient (Wildman–Crippen LogP) is -0.651. The van der Waals surface area contributed by atoms with Crippen LogP contribution in [0.4, 0.5) is 0 Å². The Bertz CT molecular complexity index is 1040. The first-order chi connectivity index (χ1) is 16.2. The lowest BCUT2D eigenvalue weighted by Crippen LogP contribution is -2.52. The minimum absolute atomic E-state index is 0.147. The molecule has 4 N–H and O–H groups in total. The molecule has 3 rings (SSSR count). The average molecular weight is 487 g/mol. The van der Waals surface area contributed by atoms with Crippen molar-refractivity contribution in [3.8, 4) is 12.3 Å². The summed E-state index contributed by atoms with van der Waals surface area (Å²) in [4.78, 5) is 26.6. The van der Waals surface area contributed by atoms with Crippen LogP contribution in [-0.4, -0.2) is 81.7 Å². The molecule has 1 aromatic rings. The van der Waals surface area contributed by atoms with Crippen LogP contribution < -0.4 is 21.1 Å². The van der Waals surface area contributed by atoms with Gasteiger partial charge in [-0.2, -0.15) is 0 Å². The first-order valence-corrected chi connectivity index (χ1v) is 12.8. The molecule has 2 aliphatic rings. The molecule has 8 nitrogen and oxygen atoms in total. The zero-order valence-corrected chi connectivity index (χ0v) is 20.6. The van der Waals surface area contributed by atoms with E-state index in [-0.39, 0.29) is 25.0 Å². The number of carbonyl (C=O) groups excluding carboxylic acids is 2. The summed E-state index contributed by atoms with van der Waals surface area (Å²) in [5, 5.41) is 25.6. The van der Waals surface area contributed by atoms with Crippen molar-refractivity contribution in [2.24, 2.45) is 0 Å². The molecule has 1 aliphatic heterocycles. The fourth-order valence-corrected chi connectivity index (χ4v) is 5.45. The summed E-state index contributed by atoms with van der Waals surface area (Å²) in [6, 6.07) is 9.27. The van der Waals surface area contributed by atoms with Crippen LogP contribution in [0.2, 0.25) is 0 Å². The molecule has 34 heavy (non-hydrogen) atoms. The van der Waals surface area contributed by atoms with Crippen LogP contribution in [0.15, 0.2) is 24.3 Å². The minimum Gasteiger partial charge on any atom is -0.346 e. The molecule has 0 saturated carbocycles. The number of nitrogens with one attached hydrogen (secondary N) is 2. The first-order valence-electron chi connectivity index (χ1n) is 11.6. The van der Waals surface area contributed by atoms with Crippen LogP contribution in [-0.2, 0) is 9.59 Å². The van der Waals surface area contributed by atoms with Crippen molar-refractivity contribution >= 4 is 35.4 Å². The highest BCUT2D eigenvalue weighted by Gasteiger charge is 2.29. The Kier molecular flexibility index (Phi) is 9.17. The molecule has 1 unspecified atom stereocenters. The fraction of sp³-hybridized carbons (Fsp3) is 0.520. The number of terminal acetylenes is 1. The molecule has 1 saturated heterocycles. The number of hydrogen-bond donors (Lipinski definition) is 4. The summed E-state index contributed by atoms with van der Waals surface area (Å²) in [6.45, 7) is 3.98. The highest BCUT2D eigenvalue weighted by molar-refractivity contribution is 7.96. The van der Waals surface area contributed by atoms with Crippen molar-refractivity contribution in [3.63, 3.8) is 0 Å². The number of carbonyl (C=O) groups is 2. The Morgan fingerprint density at radius 2 is 2.00 bits per heavy atom. The summed E-state index contributed by atoms with van der Waals surface area (Å²) < 4.78 is 2.05. The van der Waals surface area contributed by atoms with Crippen molar-refractivity contribution in [1.29, 1.82) is 0 Å². The molecule has 1 heterocycles. The zero-order chi connectivity index (χ0) is 24.7. The maximum Gasteiger partial charge on any atom is 0.315 e. The van der Waals surface area contributed by atoms with Gasteiger partial charge < -0.3 is 15.5 Å². The van der Waals surface area contributed by atoms with Crippen LogP contribution in [0.5, 0.6) is 0 Å². The van der Waals surface area contributed by atoms with Gasteiger partial charge in [0.1, 0.15) is 0 Å². The van der Waals surface area contributed by atoms with Crippen molar-refractivity contribution in [2.75, 3.05) is 32.4 Å². The van der Waals surface area contributed by atoms with Crippen LogP contribution in [0.1, 0.15) is 32.6 Å². The van der Waals surface area contributed by atoms with E-state index in [2.05, 4.69) is 51.8 Å². The largest absolute Gasteiger partial charge is 0.346 e. The monoisotopic (exact) mass is 486 g/mol. The lowest BCUT2D eigenvalue weighted by molar-refractivity contribution is -0.155. The maximum absolute atomic E-state index is 12.4. The maximum atomic E-state index is 12.4. The van der Waals surface area contributed by atoms with E-state index in [0.29, 0.717) is 6.04 Å². The summed E-state index contributed by atoms with van der Waals surface area (Å²) in [6.07, 6.45) is 13.3. The summed E-state index contributed by atoms with van der Waals surface area (Å²) >= 11 is 1.52. The third-order valence-electron chi connectivity index (χ3n) is 6.54. The molecule has 0 bridgehead atoms. The van der Waals surface area contributed by atoms with Gasteiger partial charge in [-0.1, -0.05) is 42.3 Å². The number of piperidine rings is 1. The third-order valence-corrected chi connectivity index (χ3v) is 7.43. The molecular formula is C25H34N4O4S. The van der Waals surface area contributed by atoms with Crippen molar-refractivity contribution < 1.29 is 19.8 Å². The van der Waals surface area contributed by atoms with Crippen LogP contribution >= 0.6 is 11.9 Å². The standard InChI is InChI=1S/C25H34N4O4S/c1-4-25(32,33)27-23(30)16-26-24(31)17-29(34-3)20-12-14-28(15-13-20)18(2)21-11-7-9-19-8-5-6-10-22(19)21/h1,5-6,8-10,18,20,32-33H,7,11-17H2,2-3H3,(H,26,31)(H,27,30). The van der Waals surface area contributed by atoms with Gasteiger partial charge >= 0.3 is 5.91 Å². The Morgan fingerprint density at radius 1 is 1.29 bits per heavy atom. The number of hydrogen-bond acceptors (Lipinski definition) is 7. The Balaban J connectivity index is 1.51. The molecule has 1 aliphatic carbocycles. The number of rotatable bonds is 9. The SMILES string of the molecule is C#CC(O)(O)NC(=O)CNC(=O)CN(SC)C1CCN(C(C)C2=c3ccccc3=CCC2)CC1. The quantitative estimate of drug-likeness (QED) is 0.209. The fourth-order valence-electron chi connectivity index (χ4n) is 4.69. The lowest BCUT2D eigenvalue weighted by atomic mass is 9.92. The molecule has 1 atom stereocenters. The van der Waals surface area contributed by atoms with Crippen molar-refractivity contribution in [1.82, 2.24) is 19.8 Å². The average Bonchev–Trinajstić information content (AvgIpc) is 2.85. The zero-order valence-electron chi connectivity index (χ0n) is 19.8. The number of benzene rings is 1. The first kappa shape index (κ1) is 26.3. The molecule has 0 spiro atoms. The second kappa shape index (κ2) is 11.9. The van der Waals surface area contributed by atoms with Gasteiger partial charge in [-0.25, -0.2) is 4.31 Å². The van der Waals surface area contributed by atoms with Crippen molar-refractivity contribution in [3.05, 3.63) is 34.7 Å². The van der Waals surface area contributed by atoms with E-state index in [1.165, 1.54) is 28.0 Å². The smallest absolute Gasteiger partial charge is 0.315 e. The van der Waals surface area contributed by atoms with Gasteiger partial charge in [-0.05, 0) is 60.8 Å². The number of fused-ring (bicyclic) bond motifs is 1. The highest BCUT2D eigenvalue weighted by atomic mass is 32.2. The van der Waals surface area contributed by atoms with Gasteiger partial charge in [0.05, 0.1) is 13.1 Å². The van der Waals surface area contributed by atoms with Gasteiger partial charge in [0.25, 0.3) is 0 Å². The van der Waals surface area contributed by atoms with E-state index >= 15 is 0 Å². The van der Waals surface area contributed by atoms with Gasteiger partial charge in [0, 0.05) is 25.2 Å². The Hall–Kier alpha value is -2.35. The minimum atomic E-state index is -2.73. The van der Waals surface area contributed by atoms with Crippen LogP contribution in [0, 0.1) is 12.3 Å². The van der Waals surface area contributed by atoms with Crippen LogP contribution in [0.25, 0.3) is 11.6 Å². The summed E-state index contributed by atoms with van der Waals surface area (Å²) in [5.41, 5.74) is 1.51. The van der Waals surface area contributed by atoms with Gasteiger partial charge in [-0.15, -0.1) is 6.42 Å². The number of nitrogens with zero attached hydrogens (tertiary/aromatic N) is 2. The second-order valence-corrected chi connectivity index (χ2v) is 9.53. The van der Waals surface area contributed by atoms with Gasteiger partial charge in [0.15, 0.2) is 0 Å². The Morgan fingerprint density at radius 3 is 2.68 bits per heavy atom. The molecule has 0 aromatic heterocycles. The summed E-state index contributed by atoms with van der Waals surface area (Å²) in [5.74, 6) is -2.19. The van der Waals surface area contributed by atoms with Crippen molar-refractivity contribution in [2.45, 2.75) is 50.6 Å².